The summed E-state index contributed by atoms with van der Waals surface area (Å²) in [6, 6.07) is 0.0509. The van der Waals surface area contributed by atoms with Gasteiger partial charge in [-0.25, -0.2) is 4.39 Å². The van der Waals surface area contributed by atoms with Crippen molar-refractivity contribution in [3.63, 3.8) is 0 Å². The van der Waals surface area contributed by atoms with Crippen LogP contribution in [0.5, 0.6) is 0 Å². The maximum absolute atomic E-state index is 14.2. The van der Waals surface area contributed by atoms with E-state index >= 15 is 0 Å². The molecule has 2 aliphatic carbocycles. The van der Waals surface area contributed by atoms with E-state index in [-0.39, 0.29) is 23.9 Å². The fourth-order valence-corrected chi connectivity index (χ4v) is 3.41. The van der Waals surface area contributed by atoms with Crippen LogP contribution in [-0.2, 0) is 4.79 Å². The van der Waals surface area contributed by atoms with Crippen molar-refractivity contribution in [2.24, 2.45) is 17.8 Å². The lowest BCUT2D eigenvalue weighted by Gasteiger charge is -2.49. The fourth-order valence-electron chi connectivity index (χ4n) is 3.41. The van der Waals surface area contributed by atoms with Crippen LogP contribution in [-0.4, -0.2) is 24.5 Å². The summed E-state index contributed by atoms with van der Waals surface area (Å²) >= 11 is 0. The number of nitrogens with one attached hydrogen (secondary N) is 1. The Morgan fingerprint density at radius 1 is 1.27 bits per heavy atom. The minimum Gasteiger partial charge on any atom is -0.304 e. The number of rotatable bonds is 3. The van der Waals surface area contributed by atoms with Crippen LogP contribution >= 0.6 is 0 Å². The summed E-state index contributed by atoms with van der Waals surface area (Å²) in [5, 5.41) is 3.31. The maximum atomic E-state index is 14.2. The number of halogens is 1. The number of aldehydes is 1. The molecule has 0 spiro atoms. The van der Waals surface area contributed by atoms with Crippen LogP contribution in [0, 0.1) is 17.8 Å². The Labute approximate surface area is 89.6 Å². The monoisotopic (exact) mass is 211 g/mol. The molecule has 2 bridgehead atoms. The molecule has 0 aromatic rings. The van der Waals surface area contributed by atoms with E-state index in [0.717, 1.165) is 31.5 Å². The lowest BCUT2D eigenvalue weighted by Crippen LogP contribution is -2.62. The van der Waals surface area contributed by atoms with Crippen molar-refractivity contribution < 1.29 is 9.18 Å². The van der Waals surface area contributed by atoms with Gasteiger partial charge in [-0.15, -0.1) is 0 Å². The van der Waals surface area contributed by atoms with Crippen LogP contribution in [0.2, 0.25) is 0 Å². The third kappa shape index (κ3) is 1.61. The van der Waals surface area contributed by atoms with Gasteiger partial charge in [-0.1, -0.05) is 12.8 Å². The van der Waals surface area contributed by atoms with E-state index in [4.69, 9.17) is 0 Å². The Bertz CT molecular complexity index is 264. The van der Waals surface area contributed by atoms with E-state index in [1.165, 1.54) is 12.8 Å². The van der Waals surface area contributed by atoms with Gasteiger partial charge in [0.1, 0.15) is 12.5 Å². The highest BCUT2D eigenvalue weighted by molar-refractivity contribution is 5.59. The molecule has 5 atom stereocenters. The van der Waals surface area contributed by atoms with Gasteiger partial charge in [-0.3, -0.25) is 0 Å². The first-order valence-electron chi connectivity index (χ1n) is 6.15. The minimum absolute atomic E-state index is 0.0451. The van der Waals surface area contributed by atoms with Gasteiger partial charge in [0.15, 0.2) is 0 Å². The molecule has 4 aliphatic rings. The van der Waals surface area contributed by atoms with Crippen molar-refractivity contribution in [1.82, 2.24) is 5.32 Å². The Morgan fingerprint density at radius 2 is 2.07 bits per heavy atom. The zero-order valence-electron chi connectivity index (χ0n) is 8.86. The van der Waals surface area contributed by atoms with Gasteiger partial charge in [0.2, 0.25) is 0 Å². The Morgan fingerprint density at radius 3 is 2.67 bits per heavy atom. The molecule has 4 fully saturated rings. The van der Waals surface area contributed by atoms with Gasteiger partial charge in [0, 0.05) is 17.9 Å². The van der Waals surface area contributed by atoms with E-state index in [2.05, 4.69) is 5.32 Å². The number of hydrogen-bond acceptors (Lipinski definition) is 2. The summed E-state index contributed by atoms with van der Waals surface area (Å²) in [4.78, 5) is 10.8. The highest BCUT2D eigenvalue weighted by Gasteiger charge is 2.49. The molecule has 2 aliphatic heterocycles. The Kier molecular flexibility index (Phi) is 2.31. The van der Waals surface area contributed by atoms with Crippen molar-refractivity contribution in [3.05, 3.63) is 0 Å². The summed E-state index contributed by atoms with van der Waals surface area (Å²) in [7, 11) is 0. The number of piperidine rings is 2. The topological polar surface area (TPSA) is 29.1 Å². The van der Waals surface area contributed by atoms with Gasteiger partial charge < -0.3 is 10.1 Å². The first kappa shape index (κ1) is 9.76. The zero-order chi connectivity index (χ0) is 10.4. The molecule has 1 N–H and O–H groups in total. The molecule has 15 heavy (non-hydrogen) atoms. The summed E-state index contributed by atoms with van der Waals surface area (Å²) in [5.41, 5.74) is 0. The van der Waals surface area contributed by atoms with Crippen molar-refractivity contribution in [2.45, 2.75) is 50.4 Å². The quantitative estimate of drug-likeness (QED) is 0.720. The Balaban J connectivity index is 1.73. The fraction of sp³-hybridized carbons (Fsp3) is 0.917. The second-order valence-corrected chi connectivity index (χ2v) is 5.46. The van der Waals surface area contributed by atoms with E-state index in [1.807, 2.05) is 0 Å². The number of alkyl halides is 1. The van der Waals surface area contributed by atoms with E-state index in [1.54, 1.807) is 0 Å². The Hall–Kier alpha value is -0.440. The van der Waals surface area contributed by atoms with E-state index in [0.29, 0.717) is 0 Å². The predicted molar refractivity (Wildman–Crippen MR) is 55.2 cm³/mol. The van der Waals surface area contributed by atoms with Crippen LogP contribution in [0.1, 0.15) is 32.1 Å². The third-order valence-corrected chi connectivity index (χ3v) is 4.46. The number of carbonyl (C=O) groups excluding carboxylic acids is 1. The zero-order valence-corrected chi connectivity index (χ0v) is 8.86. The normalized spacial score (nSPS) is 49.3. The van der Waals surface area contributed by atoms with Crippen molar-refractivity contribution in [1.29, 1.82) is 0 Å². The van der Waals surface area contributed by atoms with Crippen LogP contribution in [0.3, 0.4) is 0 Å². The first-order valence-corrected chi connectivity index (χ1v) is 6.15. The lowest BCUT2D eigenvalue weighted by molar-refractivity contribution is -0.116. The molecule has 3 heteroatoms. The first-order chi connectivity index (χ1) is 7.29. The third-order valence-electron chi connectivity index (χ3n) is 4.46. The molecule has 4 rings (SSSR count). The predicted octanol–water partition coefficient (Wildman–Crippen LogP) is 1.69. The van der Waals surface area contributed by atoms with Gasteiger partial charge in [-0.05, 0) is 25.2 Å². The molecule has 2 saturated heterocycles. The molecule has 2 heterocycles. The van der Waals surface area contributed by atoms with Gasteiger partial charge in [-0.2, -0.15) is 0 Å². The average molecular weight is 211 g/mol. The minimum atomic E-state index is -0.735. The van der Waals surface area contributed by atoms with Crippen LogP contribution in [0.25, 0.3) is 0 Å². The second-order valence-electron chi connectivity index (χ2n) is 5.46. The summed E-state index contributed by atoms with van der Waals surface area (Å²) in [5.74, 6) is 0.924. The van der Waals surface area contributed by atoms with Crippen LogP contribution in [0.15, 0.2) is 0 Å². The highest BCUT2D eigenvalue weighted by Crippen LogP contribution is 2.45. The number of fused-ring (bicyclic) bond motifs is 3. The average Bonchev–Trinajstić information content (AvgIpc) is 3.07. The standard InChI is InChI=1S/C12H18FNO/c13-12-8-3-4-10(14-11(8)6-15)9(12)5-7-1-2-7/h6-12,14H,1-5H2/t8-,9+,10-,11+,12-/m0/s1. The SMILES string of the molecule is O=C[C@H]1N[C@H]2CC[C@@H]1[C@H](F)[C@@H]2CC1CC1. The lowest BCUT2D eigenvalue weighted by atomic mass is 9.67. The summed E-state index contributed by atoms with van der Waals surface area (Å²) < 4.78 is 14.2. The van der Waals surface area contributed by atoms with Gasteiger partial charge >= 0.3 is 0 Å². The van der Waals surface area contributed by atoms with E-state index in [9.17, 15) is 9.18 Å². The molecule has 0 amide bonds. The van der Waals surface area contributed by atoms with Crippen LogP contribution < -0.4 is 5.32 Å². The van der Waals surface area contributed by atoms with Gasteiger partial charge in [0.25, 0.3) is 0 Å². The molecule has 0 radical (unpaired) electrons. The molecule has 2 saturated carbocycles. The highest BCUT2D eigenvalue weighted by atomic mass is 19.1. The van der Waals surface area contributed by atoms with Crippen molar-refractivity contribution in [2.75, 3.05) is 0 Å². The van der Waals surface area contributed by atoms with Crippen LogP contribution in [0.4, 0.5) is 4.39 Å². The molecule has 84 valence electrons. The van der Waals surface area contributed by atoms with Crippen molar-refractivity contribution >= 4 is 6.29 Å². The summed E-state index contributed by atoms with van der Waals surface area (Å²) in [6.45, 7) is 0. The smallest absolute Gasteiger partial charge is 0.137 e. The number of hydrogen-bond donors (Lipinski definition) is 1. The maximum Gasteiger partial charge on any atom is 0.137 e. The largest absolute Gasteiger partial charge is 0.304 e. The van der Waals surface area contributed by atoms with Gasteiger partial charge in [0.05, 0.1) is 6.04 Å². The molecule has 0 unspecified atom stereocenters. The summed E-state index contributed by atoms with van der Waals surface area (Å²) in [6.07, 6.45) is 5.74. The molecular formula is C12H18FNO. The number of carbonyl (C=O) groups is 1. The molecular weight excluding hydrogens is 193 g/mol. The molecule has 0 aromatic heterocycles. The molecule has 2 nitrogen and oxygen atoms in total. The molecule has 0 aromatic carbocycles. The van der Waals surface area contributed by atoms with Crippen molar-refractivity contribution in [3.8, 4) is 0 Å². The van der Waals surface area contributed by atoms with E-state index < -0.39 is 6.17 Å². The second kappa shape index (κ2) is 3.55.